The van der Waals surface area contributed by atoms with Crippen LogP contribution in [-0.2, 0) is 22.6 Å². The number of hydrogen-bond donors (Lipinski definition) is 3. The van der Waals surface area contributed by atoms with Crippen molar-refractivity contribution in [3.63, 3.8) is 0 Å². The molecule has 0 fully saturated rings. The minimum atomic E-state index is -1.37. The van der Waals surface area contributed by atoms with Gasteiger partial charge in [-0.05, 0) is 34.2 Å². The third kappa shape index (κ3) is 3.09. The Morgan fingerprint density at radius 2 is 1.88 bits per heavy atom. The first-order valence-electron chi connectivity index (χ1n) is 7.56. The maximum Gasteiger partial charge on any atom is 0.408 e. The number of aliphatic hydroxyl groups excluding tert-OH is 1. The lowest BCUT2D eigenvalue weighted by atomic mass is 10.0. The van der Waals surface area contributed by atoms with Gasteiger partial charge in [-0.25, -0.2) is 9.59 Å². The summed E-state index contributed by atoms with van der Waals surface area (Å²) >= 11 is 0. The number of nitrogens with one attached hydrogen (secondary N) is 1. The van der Waals surface area contributed by atoms with Crippen LogP contribution in [-0.4, -0.2) is 34.9 Å². The number of ether oxygens (including phenoxy) is 1. The van der Waals surface area contributed by atoms with Crippen molar-refractivity contribution in [1.82, 2.24) is 5.32 Å². The number of rotatable bonds is 5. The van der Waals surface area contributed by atoms with Crippen LogP contribution < -0.4 is 5.32 Å². The van der Waals surface area contributed by atoms with Gasteiger partial charge in [0.1, 0.15) is 6.61 Å². The Hall–Kier alpha value is -2.86. The Labute approximate surface area is 138 Å². The molecule has 124 valence electrons. The van der Waals surface area contributed by atoms with Gasteiger partial charge >= 0.3 is 12.1 Å². The molecular weight excluding hydrogens is 310 g/mol. The summed E-state index contributed by atoms with van der Waals surface area (Å²) in [5.74, 6) is -1.31. The van der Waals surface area contributed by atoms with Gasteiger partial charge in [0.25, 0.3) is 0 Å². The van der Waals surface area contributed by atoms with E-state index in [1.54, 1.807) is 0 Å². The number of carbonyl (C=O) groups excluding carboxylic acids is 1. The topological polar surface area (TPSA) is 95.9 Å². The molecule has 2 aromatic carbocycles. The molecule has 1 aliphatic carbocycles. The lowest BCUT2D eigenvalue weighted by Crippen LogP contribution is -2.43. The molecule has 0 radical (unpaired) electrons. The van der Waals surface area contributed by atoms with E-state index in [9.17, 15) is 9.59 Å². The first-order valence-corrected chi connectivity index (χ1v) is 7.56. The first kappa shape index (κ1) is 16.0. The third-order valence-electron chi connectivity index (χ3n) is 4.08. The molecule has 24 heavy (non-hydrogen) atoms. The highest BCUT2D eigenvalue weighted by atomic mass is 16.5. The second kappa shape index (κ2) is 6.72. The molecule has 6 nitrogen and oxygen atoms in total. The molecule has 1 atom stereocenters. The number of aliphatic carboxylic acids is 1. The lowest BCUT2D eigenvalue weighted by molar-refractivity contribution is -0.140. The summed E-state index contributed by atoms with van der Waals surface area (Å²) in [4.78, 5) is 22.5. The summed E-state index contributed by atoms with van der Waals surface area (Å²) in [6.07, 6.45) is -0.0920. The normalized spacial score (nSPS) is 12.9. The summed E-state index contributed by atoms with van der Waals surface area (Å²) in [7, 11) is 0. The van der Waals surface area contributed by atoms with Gasteiger partial charge in [0.15, 0.2) is 6.04 Å². The number of benzene rings is 2. The predicted molar refractivity (Wildman–Crippen MR) is 86.5 cm³/mol. The molecule has 0 spiro atoms. The smallest absolute Gasteiger partial charge is 0.408 e. The molecule has 1 unspecified atom stereocenters. The van der Waals surface area contributed by atoms with E-state index in [2.05, 4.69) is 17.4 Å². The van der Waals surface area contributed by atoms with Crippen LogP contribution in [0.15, 0.2) is 42.5 Å². The SMILES string of the molecule is O=C(NC(CO)C(=O)O)OCc1cccc2c1Cc1ccccc1-2. The summed E-state index contributed by atoms with van der Waals surface area (Å²) in [5.41, 5.74) is 5.55. The maximum absolute atomic E-state index is 11.7. The van der Waals surface area contributed by atoms with Crippen LogP contribution in [0.5, 0.6) is 0 Å². The molecule has 2 aromatic rings. The first-order chi connectivity index (χ1) is 11.6. The van der Waals surface area contributed by atoms with E-state index in [1.165, 1.54) is 11.1 Å². The van der Waals surface area contributed by atoms with Crippen molar-refractivity contribution in [2.45, 2.75) is 19.1 Å². The van der Waals surface area contributed by atoms with Gasteiger partial charge in [0.2, 0.25) is 0 Å². The fraction of sp³-hybridized carbons (Fsp3) is 0.222. The van der Waals surface area contributed by atoms with E-state index >= 15 is 0 Å². The quantitative estimate of drug-likeness (QED) is 0.665. The van der Waals surface area contributed by atoms with E-state index in [0.717, 1.165) is 23.1 Å². The van der Waals surface area contributed by atoms with Crippen molar-refractivity contribution < 1.29 is 24.5 Å². The Kier molecular flexibility index (Phi) is 4.48. The van der Waals surface area contributed by atoms with Gasteiger partial charge in [-0.1, -0.05) is 42.5 Å². The zero-order valence-electron chi connectivity index (χ0n) is 12.9. The number of carboxylic acid groups (broad SMARTS) is 1. The highest BCUT2D eigenvalue weighted by Gasteiger charge is 2.22. The van der Waals surface area contributed by atoms with Crippen molar-refractivity contribution in [2.24, 2.45) is 0 Å². The molecule has 1 amide bonds. The van der Waals surface area contributed by atoms with Crippen LogP contribution in [0.4, 0.5) is 4.79 Å². The van der Waals surface area contributed by atoms with Crippen molar-refractivity contribution in [3.05, 3.63) is 59.2 Å². The number of hydrogen-bond acceptors (Lipinski definition) is 4. The van der Waals surface area contributed by atoms with E-state index in [1.807, 2.05) is 30.3 Å². The van der Waals surface area contributed by atoms with E-state index in [0.29, 0.717) is 0 Å². The molecule has 0 bridgehead atoms. The summed E-state index contributed by atoms with van der Waals surface area (Å²) < 4.78 is 5.11. The van der Waals surface area contributed by atoms with E-state index < -0.39 is 24.7 Å². The second-order valence-corrected chi connectivity index (χ2v) is 5.57. The fourth-order valence-electron chi connectivity index (χ4n) is 2.87. The number of aliphatic hydroxyl groups is 1. The molecular formula is C18H17NO5. The Bertz CT molecular complexity index is 787. The molecule has 3 rings (SSSR count). The molecule has 0 saturated heterocycles. The van der Waals surface area contributed by atoms with Crippen LogP contribution in [0.1, 0.15) is 16.7 Å². The predicted octanol–water partition coefficient (Wildman–Crippen LogP) is 1.93. The largest absolute Gasteiger partial charge is 0.480 e. The zero-order chi connectivity index (χ0) is 17.1. The number of fused-ring (bicyclic) bond motifs is 3. The molecule has 6 heteroatoms. The highest BCUT2D eigenvalue weighted by molar-refractivity contribution is 5.80. The average molecular weight is 327 g/mol. The second-order valence-electron chi connectivity index (χ2n) is 5.57. The van der Waals surface area contributed by atoms with Gasteiger partial charge in [-0.15, -0.1) is 0 Å². The molecule has 3 N–H and O–H groups in total. The van der Waals surface area contributed by atoms with Gasteiger partial charge in [-0.2, -0.15) is 0 Å². The van der Waals surface area contributed by atoms with E-state index in [-0.39, 0.29) is 6.61 Å². The lowest BCUT2D eigenvalue weighted by Gasteiger charge is -2.13. The van der Waals surface area contributed by atoms with Gasteiger partial charge in [-0.3, -0.25) is 0 Å². The minimum Gasteiger partial charge on any atom is -0.480 e. The van der Waals surface area contributed by atoms with Crippen molar-refractivity contribution in [3.8, 4) is 11.1 Å². The van der Waals surface area contributed by atoms with Gasteiger partial charge in [0.05, 0.1) is 6.61 Å². The molecule has 0 aromatic heterocycles. The third-order valence-corrected chi connectivity index (χ3v) is 4.08. The van der Waals surface area contributed by atoms with Crippen LogP contribution in [0.3, 0.4) is 0 Å². The van der Waals surface area contributed by atoms with Crippen LogP contribution in [0.2, 0.25) is 0 Å². The number of carboxylic acids is 1. The van der Waals surface area contributed by atoms with Gasteiger partial charge < -0.3 is 20.3 Å². The molecule has 0 aliphatic heterocycles. The summed E-state index contributed by atoms with van der Waals surface area (Å²) in [6, 6.07) is 12.6. The van der Waals surface area contributed by atoms with Gasteiger partial charge in [0, 0.05) is 0 Å². The zero-order valence-corrected chi connectivity index (χ0v) is 12.9. The van der Waals surface area contributed by atoms with Crippen LogP contribution in [0.25, 0.3) is 11.1 Å². The van der Waals surface area contributed by atoms with Crippen LogP contribution in [0, 0.1) is 0 Å². The summed E-state index contributed by atoms with van der Waals surface area (Å²) in [5, 5.41) is 19.8. The standard InChI is InChI=1S/C18H17NO5/c20-9-16(17(21)22)19-18(23)24-10-12-5-3-7-14-13-6-2-1-4-11(13)8-15(12)14/h1-7,16,20H,8-10H2,(H,19,23)(H,21,22). The molecule has 1 aliphatic rings. The highest BCUT2D eigenvalue weighted by Crippen LogP contribution is 2.38. The molecule has 0 heterocycles. The number of carbonyl (C=O) groups is 2. The number of alkyl carbamates (subject to hydrolysis) is 1. The fourth-order valence-corrected chi connectivity index (χ4v) is 2.87. The van der Waals surface area contributed by atoms with E-state index in [4.69, 9.17) is 14.9 Å². The Morgan fingerprint density at radius 3 is 2.62 bits per heavy atom. The molecule has 0 saturated carbocycles. The maximum atomic E-state index is 11.7. The Morgan fingerprint density at radius 1 is 1.12 bits per heavy atom. The van der Waals surface area contributed by atoms with Crippen molar-refractivity contribution in [2.75, 3.05) is 6.61 Å². The Balaban J connectivity index is 1.70. The monoisotopic (exact) mass is 327 g/mol. The summed E-state index contributed by atoms with van der Waals surface area (Å²) in [6.45, 7) is -0.652. The van der Waals surface area contributed by atoms with Crippen molar-refractivity contribution >= 4 is 12.1 Å². The average Bonchev–Trinajstić information content (AvgIpc) is 2.96. The van der Waals surface area contributed by atoms with Crippen LogP contribution >= 0.6 is 0 Å². The number of amides is 1. The minimum absolute atomic E-state index is 0.0424. The van der Waals surface area contributed by atoms with Crippen molar-refractivity contribution in [1.29, 1.82) is 0 Å².